The first kappa shape index (κ1) is 13.4. The third kappa shape index (κ3) is 2.69. The molecule has 0 aromatic heterocycles. The fourth-order valence-electron chi connectivity index (χ4n) is 3.14. The van der Waals surface area contributed by atoms with Gasteiger partial charge in [-0.05, 0) is 48.9 Å². The van der Waals surface area contributed by atoms with E-state index in [1.165, 1.54) is 36.9 Å². The molecule has 0 radical (unpaired) electrons. The molecule has 1 fully saturated rings. The highest BCUT2D eigenvalue weighted by Crippen LogP contribution is 2.31. The Morgan fingerprint density at radius 2 is 2.00 bits per heavy atom. The van der Waals surface area contributed by atoms with Crippen molar-refractivity contribution >= 4 is 5.69 Å². The van der Waals surface area contributed by atoms with Crippen molar-refractivity contribution in [2.75, 3.05) is 11.9 Å². The number of nitrogens with zero attached hydrogens (tertiary/aromatic N) is 1. The van der Waals surface area contributed by atoms with Crippen LogP contribution in [0.3, 0.4) is 0 Å². The maximum Gasteiger partial charge on any atom is 0.0684 e. The highest BCUT2D eigenvalue weighted by Gasteiger charge is 2.25. The van der Waals surface area contributed by atoms with Gasteiger partial charge in [0.15, 0.2) is 0 Å². The zero-order valence-electron chi connectivity index (χ0n) is 11.8. The number of aryl methyl sites for hydroxylation is 1. The standard InChI is InChI=1S/C16H25NO/c1-12-6-4-5-7-16(12)17(3)15-9-8-14(11-18)13(2)10-15/h8-10,12,16,18H,4-7,11H2,1-3H3. The van der Waals surface area contributed by atoms with Crippen LogP contribution < -0.4 is 4.90 Å². The number of benzene rings is 1. The maximum atomic E-state index is 9.23. The fourth-order valence-corrected chi connectivity index (χ4v) is 3.14. The first-order valence-electron chi connectivity index (χ1n) is 7.06. The van der Waals surface area contributed by atoms with Crippen LogP contribution in [0, 0.1) is 12.8 Å². The van der Waals surface area contributed by atoms with Gasteiger partial charge in [0.05, 0.1) is 6.61 Å². The summed E-state index contributed by atoms with van der Waals surface area (Å²) in [6.07, 6.45) is 5.39. The van der Waals surface area contributed by atoms with Crippen LogP contribution in [-0.4, -0.2) is 18.2 Å². The highest BCUT2D eigenvalue weighted by molar-refractivity contribution is 5.51. The van der Waals surface area contributed by atoms with E-state index >= 15 is 0 Å². The van der Waals surface area contributed by atoms with Crippen LogP contribution in [0.5, 0.6) is 0 Å². The van der Waals surface area contributed by atoms with Crippen molar-refractivity contribution in [3.63, 3.8) is 0 Å². The monoisotopic (exact) mass is 247 g/mol. The minimum absolute atomic E-state index is 0.135. The lowest BCUT2D eigenvalue weighted by atomic mass is 9.85. The van der Waals surface area contributed by atoms with Crippen LogP contribution in [-0.2, 0) is 6.61 Å². The zero-order chi connectivity index (χ0) is 13.1. The average molecular weight is 247 g/mol. The molecule has 1 saturated carbocycles. The van der Waals surface area contributed by atoms with Gasteiger partial charge in [-0.1, -0.05) is 25.8 Å². The number of aliphatic hydroxyl groups excluding tert-OH is 1. The van der Waals surface area contributed by atoms with Crippen LogP contribution in [0.15, 0.2) is 18.2 Å². The summed E-state index contributed by atoms with van der Waals surface area (Å²) in [7, 11) is 2.21. The zero-order valence-corrected chi connectivity index (χ0v) is 11.8. The van der Waals surface area contributed by atoms with E-state index in [1.54, 1.807) is 0 Å². The molecule has 18 heavy (non-hydrogen) atoms. The molecule has 1 aromatic carbocycles. The van der Waals surface area contributed by atoms with Crippen LogP contribution in [0.2, 0.25) is 0 Å². The molecule has 0 spiro atoms. The van der Waals surface area contributed by atoms with E-state index in [1.807, 2.05) is 0 Å². The van der Waals surface area contributed by atoms with E-state index in [9.17, 15) is 5.11 Å². The second-order valence-electron chi connectivity index (χ2n) is 5.71. The first-order chi connectivity index (χ1) is 8.63. The van der Waals surface area contributed by atoms with Crippen molar-refractivity contribution in [1.29, 1.82) is 0 Å². The molecule has 0 bridgehead atoms. The van der Waals surface area contributed by atoms with E-state index in [0.717, 1.165) is 11.5 Å². The van der Waals surface area contributed by atoms with E-state index in [4.69, 9.17) is 0 Å². The molecule has 1 N–H and O–H groups in total. The number of aliphatic hydroxyl groups is 1. The molecule has 0 heterocycles. The lowest BCUT2D eigenvalue weighted by Gasteiger charge is -2.38. The minimum Gasteiger partial charge on any atom is -0.392 e. The molecule has 1 aliphatic carbocycles. The summed E-state index contributed by atoms with van der Waals surface area (Å²) in [5.74, 6) is 0.779. The Hall–Kier alpha value is -1.02. The lowest BCUT2D eigenvalue weighted by Crippen LogP contribution is -2.39. The van der Waals surface area contributed by atoms with E-state index in [2.05, 4.69) is 44.0 Å². The first-order valence-corrected chi connectivity index (χ1v) is 7.06. The third-order valence-electron chi connectivity index (χ3n) is 4.47. The molecule has 0 saturated heterocycles. The molecule has 0 amide bonds. The van der Waals surface area contributed by atoms with Gasteiger partial charge in [0.1, 0.15) is 0 Å². The largest absolute Gasteiger partial charge is 0.392 e. The molecular weight excluding hydrogens is 222 g/mol. The molecule has 2 unspecified atom stereocenters. The van der Waals surface area contributed by atoms with Gasteiger partial charge in [0, 0.05) is 18.8 Å². The molecule has 2 rings (SSSR count). The third-order valence-corrected chi connectivity index (χ3v) is 4.47. The molecule has 2 atom stereocenters. The second-order valence-corrected chi connectivity index (χ2v) is 5.71. The van der Waals surface area contributed by atoms with Crippen molar-refractivity contribution in [2.24, 2.45) is 5.92 Å². The van der Waals surface area contributed by atoms with Gasteiger partial charge in [-0.3, -0.25) is 0 Å². The Morgan fingerprint density at radius 1 is 1.28 bits per heavy atom. The molecule has 100 valence electrons. The summed E-state index contributed by atoms with van der Waals surface area (Å²) in [5, 5.41) is 9.23. The molecule has 2 nitrogen and oxygen atoms in total. The molecule has 2 heteroatoms. The maximum absolute atomic E-state index is 9.23. The van der Waals surface area contributed by atoms with Gasteiger partial charge in [0.25, 0.3) is 0 Å². The van der Waals surface area contributed by atoms with Crippen LogP contribution in [0.4, 0.5) is 5.69 Å². The summed E-state index contributed by atoms with van der Waals surface area (Å²) < 4.78 is 0. The number of hydrogen-bond acceptors (Lipinski definition) is 2. The van der Waals surface area contributed by atoms with Crippen LogP contribution >= 0.6 is 0 Å². The normalized spacial score (nSPS) is 24.0. The molecule has 1 aromatic rings. The van der Waals surface area contributed by atoms with Gasteiger partial charge < -0.3 is 10.0 Å². The molecule has 0 aliphatic heterocycles. The summed E-state index contributed by atoms with van der Waals surface area (Å²) in [5.41, 5.74) is 3.50. The van der Waals surface area contributed by atoms with Crippen molar-refractivity contribution in [2.45, 2.75) is 52.2 Å². The van der Waals surface area contributed by atoms with Gasteiger partial charge >= 0.3 is 0 Å². The highest BCUT2D eigenvalue weighted by atomic mass is 16.3. The van der Waals surface area contributed by atoms with E-state index in [0.29, 0.717) is 6.04 Å². The smallest absolute Gasteiger partial charge is 0.0684 e. The quantitative estimate of drug-likeness (QED) is 0.883. The van der Waals surface area contributed by atoms with Crippen LogP contribution in [0.1, 0.15) is 43.7 Å². The minimum atomic E-state index is 0.135. The number of anilines is 1. The Labute approximate surface area is 111 Å². The average Bonchev–Trinajstić information content (AvgIpc) is 2.38. The Bertz CT molecular complexity index is 402. The van der Waals surface area contributed by atoms with Crippen molar-refractivity contribution in [3.8, 4) is 0 Å². The number of hydrogen-bond donors (Lipinski definition) is 1. The van der Waals surface area contributed by atoms with Crippen molar-refractivity contribution < 1.29 is 5.11 Å². The van der Waals surface area contributed by atoms with Crippen molar-refractivity contribution in [1.82, 2.24) is 0 Å². The Morgan fingerprint density at radius 3 is 2.61 bits per heavy atom. The fraction of sp³-hybridized carbons (Fsp3) is 0.625. The summed E-state index contributed by atoms with van der Waals surface area (Å²) in [6, 6.07) is 7.06. The number of rotatable bonds is 3. The Balaban J connectivity index is 2.17. The summed E-state index contributed by atoms with van der Waals surface area (Å²) in [6.45, 7) is 4.58. The molecular formula is C16H25NO. The molecule has 1 aliphatic rings. The van der Waals surface area contributed by atoms with Crippen molar-refractivity contribution in [3.05, 3.63) is 29.3 Å². The van der Waals surface area contributed by atoms with Crippen LogP contribution in [0.25, 0.3) is 0 Å². The topological polar surface area (TPSA) is 23.5 Å². The SMILES string of the molecule is Cc1cc(N(C)C2CCCCC2C)ccc1CO. The van der Waals surface area contributed by atoms with E-state index < -0.39 is 0 Å². The van der Waals surface area contributed by atoms with Gasteiger partial charge in [-0.2, -0.15) is 0 Å². The van der Waals surface area contributed by atoms with E-state index in [-0.39, 0.29) is 6.61 Å². The predicted molar refractivity (Wildman–Crippen MR) is 76.9 cm³/mol. The Kier molecular flexibility index (Phi) is 4.28. The summed E-state index contributed by atoms with van der Waals surface area (Å²) in [4.78, 5) is 2.43. The van der Waals surface area contributed by atoms with Gasteiger partial charge in [-0.15, -0.1) is 0 Å². The summed E-state index contributed by atoms with van der Waals surface area (Å²) >= 11 is 0. The predicted octanol–water partition coefficient (Wildman–Crippen LogP) is 3.50. The second kappa shape index (κ2) is 5.75. The van der Waals surface area contributed by atoms with Gasteiger partial charge in [0.2, 0.25) is 0 Å². The lowest BCUT2D eigenvalue weighted by molar-refractivity contribution is 0.281. The van der Waals surface area contributed by atoms with Gasteiger partial charge in [-0.25, -0.2) is 0 Å².